The van der Waals surface area contributed by atoms with Gasteiger partial charge in [0.25, 0.3) is 5.91 Å². The Morgan fingerprint density at radius 3 is 2.55 bits per heavy atom. The molecule has 0 bridgehead atoms. The number of hydrogen-bond donors (Lipinski definition) is 1. The number of amides is 1. The molecule has 1 fully saturated rings. The van der Waals surface area contributed by atoms with Gasteiger partial charge in [-0.25, -0.2) is 0 Å². The van der Waals surface area contributed by atoms with Crippen LogP contribution in [0.1, 0.15) is 63.0 Å². The van der Waals surface area contributed by atoms with Gasteiger partial charge in [0.05, 0.1) is 6.54 Å². The van der Waals surface area contributed by atoms with Crippen molar-refractivity contribution in [1.82, 2.24) is 4.90 Å². The Morgan fingerprint density at radius 1 is 1.10 bits per heavy atom. The SMILES string of the molecule is CCCCC1=NC2(CCCC2)C(=O)N1Cc1ccc(-c2cccc(O)c2)cc1C. The number of phenolic OH excluding ortho intramolecular Hbond substituents is 1. The van der Waals surface area contributed by atoms with Crippen LogP contribution in [0.3, 0.4) is 0 Å². The second kappa shape index (κ2) is 8.02. The van der Waals surface area contributed by atoms with E-state index in [4.69, 9.17) is 4.99 Å². The molecule has 0 atom stereocenters. The van der Waals surface area contributed by atoms with Crippen molar-refractivity contribution in [3.63, 3.8) is 0 Å². The topological polar surface area (TPSA) is 52.9 Å². The summed E-state index contributed by atoms with van der Waals surface area (Å²) in [6.45, 7) is 4.86. The number of unbranched alkanes of at least 4 members (excludes halogenated alkanes) is 1. The van der Waals surface area contributed by atoms with Crippen LogP contribution >= 0.6 is 0 Å². The Labute approximate surface area is 173 Å². The number of benzene rings is 2. The Hall–Kier alpha value is -2.62. The van der Waals surface area contributed by atoms with Gasteiger partial charge >= 0.3 is 0 Å². The second-order valence-electron chi connectivity index (χ2n) is 8.45. The first-order valence-electron chi connectivity index (χ1n) is 10.8. The fourth-order valence-electron chi connectivity index (χ4n) is 4.61. The maximum absolute atomic E-state index is 13.3. The van der Waals surface area contributed by atoms with Gasteiger partial charge in [0.1, 0.15) is 17.1 Å². The normalized spacial score (nSPS) is 17.9. The van der Waals surface area contributed by atoms with Gasteiger partial charge in [-0.1, -0.05) is 56.5 Å². The smallest absolute Gasteiger partial charge is 0.256 e. The number of phenols is 1. The second-order valence-corrected chi connectivity index (χ2v) is 8.45. The molecular weight excluding hydrogens is 360 g/mol. The van der Waals surface area contributed by atoms with Crippen LogP contribution in [-0.4, -0.2) is 27.3 Å². The third-order valence-corrected chi connectivity index (χ3v) is 6.33. The molecule has 1 spiro atoms. The van der Waals surface area contributed by atoms with Gasteiger partial charge in [-0.05, 0) is 60.6 Å². The number of rotatable bonds is 6. The number of amidine groups is 1. The minimum absolute atomic E-state index is 0.206. The zero-order chi connectivity index (χ0) is 20.4. The minimum Gasteiger partial charge on any atom is -0.508 e. The van der Waals surface area contributed by atoms with Gasteiger partial charge in [-0.15, -0.1) is 0 Å². The molecule has 2 aromatic rings. The van der Waals surface area contributed by atoms with Crippen molar-refractivity contribution in [3.05, 3.63) is 53.6 Å². The Balaban J connectivity index is 1.59. The molecule has 0 unspecified atom stereocenters. The van der Waals surface area contributed by atoms with Gasteiger partial charge in [-0.2, -0.15) is 0 Å². The highest BCUT2D eigenvalue weighted by Gasteiger charge is 2.49. The molecule has 2 aliphatic rings. The summed E-state index contributed by atoms with van der Waals surface area (Å²) >= 11 is 0. The molecule has 1 heterocycles. The summed E-state index contributed by atoms with van der Waals surface area (Å²) in [4.78, 5) is 20.3. The van der Waals surface area contributed by atoms with Gasteiger partial charge in [0, 0.05) is 6.42 Å². The fourth-order valence-corrected chi connectivity index (χ4v) is 4.61. The van der Waals surface area contributed by atoms with Crippen LogP contribution in [0.15, 0.2) is 47.5 Å². The predicted molar refractivity (Wildman–Crippen MR) is 117 cm³/mol. The first kappa shape index (κ1) is 19.7. The maximum atomic E-state index is 13.3. The number of carbonyl (C=O) groups excluding carboxylic acids is 1. The number of aryl methyl sites for hydroxylation is 1. The average Bonchev–Trinajstić information content (AvgIpc) is 3.28. The van der Waals surface area contributed by atoms with Gasteiger partial charge < -0.3 is 5.11 Å². The molecule has 4 nitrogen and oxygen atoms in total. The summed E-state index contributed by atoms with van der Waals surface area (Å²) in [7, 11) is 0. The van der Waals surface area contributed by atoms with Crippen LogP contribution in [-0.2, 0) is 11.3 Å². The lowest BCUT2D eigenvalue weighted by molar-refractivity contribution is -0.131. The number of aliphatic imine (C=N–C) groups is 1. The molecule has 0 aromatic heterocycles. The Kier molecular flexibility index (Phi) is 5.44. The molecule has 29 heavy (non-hydrogen) atoms. The summed E-state index contributed by atoms with van der Waals surface area (Å²) in [6, 6.07) is 13.6. The van der Waals surface area contributed by atoms with Crippen molar-refractivity contribution >= 4 is 11.7 Å². The highest BCUT2D eigenvalue weighted by Crippen LogP contribution is 2.40. The lowest BCUT2D eigenvalue weighted by atomic mass is 9.97. The van der Waals surface area contributed by atoms with Crippen LogP contribution < -0.4 is 0 Å². The molecule has 1 amide bonds. The fraction of sp³-hybridized carbons (Fsp3) is 0.440. The highest BCUT2D eigenvalue weighted by atomic mass is 16.3. The predicted octanol–water partition coefficient (Wildman–Crippen LogP) is 5.61. The summed E-state index contributed by atoms with van der Waals surface area (Å²) in [5.74, 6) is 1.46. The highest BCUT2D eigenvalue weighted by molar-refractivity contribution is 6.08. The molecule has 1 saturated carbocycles. The van der Waals surface area contributed by atoms with Gasteiger partial charge in [0.15, 0.2) is 0 Å². The third kappa shape index (κ3) is 3.81. The third-order valence-electron chi connectivity index (χ3n) is 6.33. The van der Waals surface area contributed by atoms with E-state index < -0.39 is 5.54 Å². The van der Waals surface area contributed by atoms with Crippen LogP contribution in [0, 0.1) is 6.92 Å². The molecule has 4 rings (SSSR count). The standard InChI is InChI=1S/C25H30N2O2/c1-3-4-10-23-26-25(13-5-6-14-25)24(29)27(23)17-21-12-11-20(15-18(21)2)19-8-7-9-22(28)16-19/h7-9,11-12,15-16,28H,3-6,10,13-14,17H2,1-2H3. The summed E-state index contributed by atoms with van der Waals surface area (Å²) in [5, 5.41) is 9.76. The zero-order valence-corrected chi connectivity index (χ0v) is 17.4. The minimum atomic E-state index is -0.474. The van der Waals surface area contributed by atoms with E-state index in [1.807, 2.05) is 17.0 Å². The van der Waals surface area contributed by atoms with Crippen molar-refractivity contribution in [2.75, 3.05) is 0 Å². The van der Waals surface area contributed by atoms with E-state index in [1.54, 1.807) is 12.1 Å². The Morgan fingerprint density at radius 2 is 1.86 bits per heavy atom. The lowest BCUT2D eigenvalue weighted by Gasteiger charge is -2.23. The molecule has 1 aliphatic heterocycles. The van der Waals surface area contributed by atoms with Crippen molar-refractivity contribution in [2.45, 2.75) is 70.9 Å². The summed E-state index contributed by atoms with van der Waals surface area (Å²) in [5.41, 5.74) is 3.90. The molecule has 1 aliphatic carbocycles. The van der Waals surface area contributed by atoms with Crippen molar-refractivity contribution in [2.24, 2.45) is 4.99 Å². The summed E-state index contributed by atoms with van der Waals surface area (Å²) in [6.07, 6.45) is 7.04. The monoisotopic (exact) mass is 390 g/mol. The number of aromatic hydroxyl groups is 1. The largest absolute Gasteiger partial charge is 0.508 e. The number of nitrogens with zero attached hydrogens (tertiary/aromatic N) is 2. The van der Waals surface area contributed by atoms with E-state index >= 15 is 0 Å². The molecular formula is C25H30N2O2. The quantitative estimate of drug-likeness (QED) is 0.697. The van der Waals surface area contributed by atoms with Crippen molar-refractivity contribution in [3.8, 4) is 16.9 Å². The average molecular weight is 391 g/mol. The molecule has 0 radical (unpaired) electrons. The molecule has 2 aromatic carbocycles. The van der Waals surface area contributed by atoms with E-state index in [0.717, 1.165) is 73.0 Å². The maximum Gasteiger partial charge on any atom is 0.256 e. The van der Waals surface area contributed by atoms with Crippen LogP contribution in [0.2, 0.25) is 0 Å². The zero-order valence-electron chi connectivity index (χ0n) is 17.4. The Bertz CT molecular complexity index is 942. The molecule has 152 valence electrons. The van der Waals surface area contributed by atoms with E-state index in [0.29, 0.717) is 6.54 Å². The molecule has 1 N–H and O–H groups in total. The van der Waals surface area contributed by atoms with Crippen LogP contribution in [0.25, 0.3) is 11.1 Å². The number of hydrogen-bond acceptors (Lipinski definition) is 3. The number of carbonyl (C=O) groups is 1. The van der Waals surface area contributed by atoms with Gasteiger partial charge in [0.2, 0.25) is 0 Å². The van der Waals surface area contributed by atoms with E-state index in [-0.39, 0.29) is 11.7 Å². The first-order valence-corrected chi connectivity index (χ1v) is 10.8. The van der Waals surface area contributed by atoms with Crippen molar-refractivity contribution in [1.29, 1.82) is 0 Å². The van der Waals surface area contributed by atoms with E-state index in [1.165, 1.54) is 0 Å². The van der Waals surface area contributed by atoms with Crippen LogP contribution in [0.4, 0.5) is 0 Å². The summed E-state index contributed by atoms with van der Waals surface area (Å²) < 4.78 is 0. The van der Waals surface area contributed by atoms with E-state index in [9.17, 15) is 9.90 Å². The molecule has 0 saturated heterocycles. The van der Waals surface area contributed by atoms with Gasteiger partial charge in [-0.3, -0.25) is 14.7 Å². The van der Waals surface area contributed by atoms with Crippen molar-refractivity contribution < 1.29 is 9.90 Å². The first-order chi connectivity index (χ1) is 14.0. The molecule has 4 heteroatoms. The van der Waals surface area contributed by atoms with Crippen LogP contribution in [0.5, 0.6) is 5.75 Å². The van der Waals surface area contributed by atoms with E-state index in [2.05, 4.69) is 32.0 Å². The lowest BCUT2D eigenvalue weighted by Crippen LogP contribution is -2.40.